The van der Waals surface area contributed by atoms with Crippen LogP contribution in [0.5, 0.6) is 0 Å². The highest BCUT2D eigenvalue weighted by molar-refractivity contribution is 7.86. The molecule has 2 saturated carbocycles. The van der Waals surface area contributed by atoms with Gasteiger partial charge < -0.3 is 4.74 Å². The lowest BCUT2D eigenvalue weighted by atomic mass is 9.89. The minimum atomic E-state index is -5.82. The zero-order valence-corrected chi connectivity index (χ0v) is 12.0. The van der Waals surface area contributed by atoms with Gasteiger partial charge >= 0.3 is 21.3 Å². The van der Waals surface area contributed by atoms with E-state index in [4.69, 9.17) is 9.29 Å². The molecular formula is C12H17F3O5S. The summed E-state index contributed by atoms with van der Waals surface area (Å²) in [6.45, 7) is -0.640. The van der Waals surface area contributed by atoms with Gasteiger partial charge in [-0.2, -0.15) is 17.2 Å². The number of carbonyl (C=O) groups excluding carboxylic acids is 1. The Balaban J connectivity index is 1.78. The van der Waals surface area contributed by atoms with E-state index in [1.54, 1.807) is 0 Å². The van der Waals surface area contributed by atoms with Crippen LogP contribution in [0.15, 0.2) is 0 Å². The first-order chi connectivity index (χ1) is 9.63. The van der Waals surface area contributed by atoms with Crippen LogP contribution in [0.25, 0.3) is 0 Å². The number of carbonyl (C=O) groups is 1. The van der Waals surface area contributed by atoms with Crippen LogP contribution < -0.4 is 0 Å². The number of esters is 1. The Morgan fingerprint density at radius 3 is 2.48 bits per heavy atom. The molecule has 9 heteroatoms. The van der Waals surface area contributed by atoms with E-state index in [0.717, 1.165) is 19.3 Å². The first kappa shape index (κ1) is 16.5. The molecule has 0 aromatic carbocycles. The molecule has 0 heterocycles. The highest BCUT2D eigenvalue weighted by Gasteiger charge is 2.52. The zero-order valence-electron chi connectivity index (χ0n) is 11.2. The minimum Gasteiger partial charge on any atom is -0.465 e. The molecule has 0 radical (unpaired) electrons. The normalized spacial score (nSPS) is 30.4. The highest BCUT2D eigenvalue weighted by Crippen LogP contribution is 2.48. The summed E-state index contributed by atoms with van der Waals surface area (Å²) in [6.07, 6.45) is -0.408. The monoisotopic (exact) mass is 330 g/mol. The van der Waals surface area contributed by atoms with Gasteiger partial charge in [-0.1, -0.05) is 6.42 Å². The van der Waals surface area contributed by atoms with Crippen molar-refractivity contribution < 1.29 is 35.7 Å². The third-order valence-electron chi connectivity index (χ3n) is 4.37. The van der Waals surface area contributed by atoms with Crippen LogP contribution in [0.3, 0.4) is 0 Å². The molecule has 21 heavy (non-hydrogen) atoms. The molecule has 2 aliphatic carbocycles. The molecule has 2 bridgehead atoms. The first-order valence-corrected chi connectivity index (χ1v) is 8.22. The molecule has 2 rings (SSSR count). The van der Waals surface area contributed by atoms with E-state index < -0.39 is 40.5 Å². The van der Waals surface area contributed by atoms with Crippen molar-refractivity contribution in [3.8, 4) is 0 Å². The van der Waals surface area contributed by atoms with Crippen LogP contribution in [0, 0.1) is 17.8 Å². The summed E-state index contributed by atoms with van der Waals surface area (Å²) in [7, 11) is -5.82. The smallest absolute Gasteiger partial charge is 0.400 e. The minimum absolute atomic E-state index is 0.253. The van der Waals surface area contributed by atoms with E-state index in [0.29, 0.717) is 12.3 Å². The summed E-state index contributed by atoms with van der Waals surface area (Å²) in [5, 5.41) is -4.90. The Morgan fingerprint density at radius 1 is 1.33 bits per heavy atom. The molecule has 0 aromatic heterocycles. The maximum Gasteiger partial charge on any atom is 0.400 e. The SMILES string of the molecule is O=C(OCCC(F)C(F)(F)S(=O)(=O)O)C1CC2CCC1C2. The molecule has 2 aliphatic rings. The molecule has 4 unspecified atom stereocenters. The average molecular weight is 330 g/mol. The van der Waals surface area contributed by atoms with Gasteiger partial charge in [-0.15, -0.1) is 0 Å². The second-order valence-electron chi connectivity index (χ2n) is 5.74. The number of hydrogen-bond acceptors (Lipinski definition) is 4. The fraction of sp³-hybridized carbons (Fsp3) is 0.917. The lowest BCUT2D eigenvalue weighted by Gasteiger charge is -2.21. The van der Waals surface area contributed by atoms with Gasteiger partial charge in [0.2, 0.25) is 0 Å². The molecular weight excluding hydrogens is 313 g/mol. The summed E-state index contributed by atoms with van der Waals surface area (Å²) < 4.78 is 72.7. The summed E-state index contributed by atoms with van der Waals surface area (Å²) >= 11 is 0. The first-order valence-electron chi connectivity index (χ1n) is 6.78. The summed E-state index contributed by atoms with van der Waals surface area (Å²) in [5.74, 6) is -0.0401. The van der Waals surface area contributed by atoms with Gasteiger partial charge in [0.25, 0.3) is 0 Å². The van der Waals surface area contributed by atoms with E-state index in [1.807, 2.05) is 0 Å². The fourth-order valence-electron chi connectivity index (χ4n) is 3.23. The van der Waals surface area contributed by atoms with Gasteiger partial charge in [0.1, 0.15) is 0 Å². The number of fused-ring (bicyclic) bond motifs is 2. The number of alkyl halides is 3. The van der Waals surface area contributed by atoms with Gasteiger partial charge in [0.15, 0.2) is 6.17 Å². The van der Waals surface area contributed by atoms with Crippen molar-refractivity contribution in [2.24, 2.45) is 17.8 Å². The third-order valence-corrected chi connectivity index (χ3v) is 5.31. The second kappa shape index (κ2) is 5.75. The Kier molecular flexibility index (Phi) is 4.53. The Bertz CT molecular complexity index is 507. The van der Waals surface area contributed by atoms with Crippen molar-refractivity contribution in [3.63, 3.8) is 0 Å². The van der Waals surface area contributed by atoms with Crippen molar-refractivity contribution >= 4 is 16.1 Å². The largest absolute Gasteiger partial charge is 0.465 e. The lowest BCUT2D eigenvalue weighted by Crippen LogP contribution is -2.39. The lowest BCUT2D eigenvalue weighted by molar-refractivity contribution is -0.151. The molecule has 122 valence electrons. The average Bonchev–Trinajstić information content (AvgIpc) is 2.99. The van der Waals surface area contributed by atoms with Crippen molar-refractivity contribution in [1.29, 1.82) is 0 Å². The van der Waals surface area contributed by atoms with Crippen LogP contribution in [0.1, 0.15) is 32.1 Å². The molecule has 0 aliphatic heterocycles. The van der Waals surface area contributed by atoms with Crippen LogP contribution in [-0.2, 0) is 19.6 Å². The van der Waals surface area contributed by atoms with Crippen LogP contribution in [-0.4, -0.2) is 37.0 Å². The van der Waals surface area contributed by atoms with Crippen LogP contribution >= 0.6 is 0 Å². The van der Waals surface area contributed by atoms with E-state index in [9.17, 15) is 26.4 Å². The maximum atomic E-state index is 13.2. The van der Waals surface area contributed by atoms with Gasteiger partial charge in [0, 0.05) is 6.42 Å². The molecule has 0 amide bonds. The number of rotatable bonds is 6. The van der Waals surface area contributed by atoms with Crippen molar-refractivity contribution in [2.45, 2.75) is 43.5 Å². The number of hydrogen-bond donors (Lipinski definition) is 1. The molecule has 0 aromatic rings. The molecule has 1 N–H and O–H groups in total. The number of halogens is 3. The highest BCUT2D eigenvalue weighted by atomic mass is 32.2. The predicted molar refractivity (Wildman–Crippen MR) is 65.9 cm³/mol. The number of ether oxygens (including phenoxy) is 1. The van der Waals surface area contributed by atoms with Gasteiger partial charge in [0.05, 0.1) is 12.5 Å². The molecule has 2 fully saturated rings. The second-order valence-corrected chi connectivity index (χ2v) is 7.24. The third kappa shape index (κ3) is 3.33. The van der Waals surface area contributed by atoms with Crippen molar-refractivity contribution in [2.75, 3.05) is 6.61 Å². The molecule has 0 spiro atoms. The molecule has 0 saturated heterocycles. The maximum absolute atomic E-state index is 13.2. The summed E-state index contributed by atoms with van der Waals surface area (Å²) in [5.41, 5.74) is 0. The van der Waals surface area contributed by atoms with Gasteiger partial charge in [-0.3, -0.25) is 9.35 Å². The topological polar surface area (TPSA) is 80.7 Å². The summed E-state index contributed by atoms with van der Waals surface area (Å²) in [6, 6.07) is 0. The molecule has 5 nitrogen and oxygen atoms in total. The Labute approximate surface area is 120 Å². The Morgan fingerprint density at radius 2 is 2.00 bits per heavy atom. The van der Waals surface area contributed by atoms with E-state index in [-0.39, 0.29) is 11.8 Å². The fourth-order valence-corrected chi connectivity index (χ4v) is 3.67. The standard InChI is InChI=1S/C12H17F3O5S/c13-10(12(14,15)21(17,18)19)3-4-20-11(16)9-6-7-1-2-8(9)5-7/h7-10H,1-6H2,(H,17,18,19). The van der Waals surface area contributed by atoms with E-state index in [2.05, 4.69) is 0 Å². The Hall–Kier alpha value is -0.830. The van der Waals surface area contributed by atoms with E-state index >= 15 is 0 Å². The predicted octanol–water partition coefficient (Wildman–Crippen LogP) is 2.17. The van der Waals surface area contributed by atoms with Crippen LogP contribution in [0.2, 0.25) is 0 Å². The van der Waals surface area contributed by atoms with Crippen LogP contribution in [0.4, 0.5) is 13.2 Å². The zero-order chi connectivity index (χ0) is 15.8. The molecule has 4 atom stereocenters. The van der Waals surface area contributed by atoms with Gasteiger partial charge in [-0.05, 0) is 31.1 Å². The quantitative estimate of drug-likeness (QED) is 0.596. The summed E-state index contributed by atoms with van der Waals surface area (Å²) in [4.78, 5) is 11.8. The van der Waals surface area contributed by atoms with Crippen molar-refractivity contribution in [1.82, 2.24) is 0 Å². The van der Waals surface area contributed by atoms with Crippen molar-refractivity contribution in [3.05, 3.63) is 0 Å². The van der Waals surface area contributed by atoms with E-state index in [1.165, 1.54) is 0 Å². The van der Waals surface area contributed by atoms with Gasteiger partial charge in [-0.25, -0.2) is 4.39 Å².